The second kappa shape index (κ2) is 8.32. The molecule has 2 aromatic carbocycles. The number of methoxy groups -OCH3 is 1. The average molecular weight is 346 g/mol. The molecule has 2 unspecified atom stereocenters. The minimum atomic E-state index is -0.263. The van der Waals surface area contributed by atoms with Gasteiger partial charge >= 0.3 is 5.97 Å². The number of halogens is 1. The minimum Gasteiger partial charge on any atom is -0.465 e. The van der Waals surface area contributed by atoms with Crippen LogP contribution in [0.25, 0.3) is 0 Å². The summed E-state index contributed by atoms with van der Waals surface area (Å²) in [4.78, 5) is 11.8. The van der Waals surface area contributed by atoms with Crippen LogP contribution in [0.4, 0.5) is 0 Å². The fourth-order valence-electron chi connectivity index (χ4n) is 3.73. The highest BCUT2D eigenvalue weighted by atomic mass is 35.5. The van der Waals surface area contributed by atoms with Crippen LogP contribution in [0.3, 0.4) is 0 Å². The number of benzene rings is 2. The normalized spacial score (nSPS) is 19.1. The summed E-state index contributed by atoms with van der Waals surface area (Å²) in [7, 11) is 3.44. The maximum Gasteiger partial charge on any atom is 0.337 e. The maximum atomic E-state index is 11.8. The molecular formula is C20H24ClNO2. The molecule has 4 heteroatoms. The molecule has 0 radical (unpaired) electrons. The topological polar surface area (TPSA) is 38.3 Å². The Hall–Kier alpha value is -1.84. The standard InChI is InChI=1S/C20H23NO2.ClH/c1-21-13-17-9-8-15-12-16(20(22)23-2)10-11-18(15)19(17)14-6-4-3-5-7-14;/h3-7,10-12,17,19,21H,8-9,13H2,1-2H3;1H. The third-order valence-electron chi connectivity index (χ3n) is 4.78. The van der Waals surface area contributed by atoms with E-state index in [-0.39, 0.29) is 18.4 Å². The number of rotatable bonds is 4. The highest BCUT2D eigenvalue weighted by Crippen LogP contribution is 2.40. The van der Waals surface area contributed by atoms with E-state index in [9.17, 15) is 4.79 Å². The fraction of sp³-hybridized carbons (Fsp3) is 0.350. The van der Waals surface area contributed by atoms with Crippen molar-refractivity contribution in [3.8, 4) is 0 Å². The highest BCUT2D eigenvalue weighted by Gasteiger charge is 2.30. The zero-order valence-electron chi connectivity index (χ0n) is 14.1. The molecule has 3 rings (SSSR count). The molecule has 0 saturated carbocycles. The van der Waals surface area contributed by atoms with E-state index in [4.69, 9.17) is 4.74 Å². The molecule has 0 saturated heterocycles. The first kappa shape index (κ1) is 18.5. The number of carbonyl (C=O) groups is 1. The summed E-state index contributed by atoms with van der Waals surface area (Å²) >= 11 is 0. The van der Waals surface area contributed by atoms with Gasteiger partial charge in [-0.3, -0.25) is 0 Å². The van der Waals surface area contributed by atoms with Gasteiger partial charge in [-0.25, -0.2) is 4.79 Å². The van der Waals surface area contributed by atoms with Crippen LogP contribution < -0.4 is 5.32 Å². The summed E-state index contributed by atoms with van der Waals surface area (Å²) in [6.45, 7) is 0.998. The van der Waals surface area contributed by atoms with E-state index in [2.05, 4.69) is 41.7 Å². The van der Waals surface area contributed by atoms with E-state index in [0.29, 0.717) is 17.4 Å². The van der Waals surface area contributed by atoms with Crippen LogP contribution in [-0.2, 0) is 11.2 Å². The molecule has 2 aromatic rings. The third-order valence-corrected chi connectivity index (χ3v) is 4.78. The molecule has 0 fully saturated rings. The van der Waals surface area contributed by atoms with Crippen molar-refractivity contribution in [2.45, 2.75) is 18.8 Å². The summed E-state index contributed by atoms with van der Waals surface area (Å²) < 4.78 is 4.85. The predicted octanol–water partition coefficient (Wildman–Crippen LogP) is 3.81. The Labute approximate surface area is 149 Å². The molecule has 1 aliphatic rings. The fourth-order valence-corrected chi connectivity index (χ4v) is 3.73. The van der Waals surface area contributed by atoms with Gasteiger partial charge in [0.25, 0.3) is 0 Å². The molecule has 0 amide bonds. The van der Waals surface area contributed by atoms with Gasteiger partial charge < -0.3 is 10.1 Å². The van der Waals surface area contributed by atoms with E-state index in [0.717, 1.165) is 19.4 Å². The lowest BCUT2D eigenvalue weighted by Crippen LogP contribution is -2.30. The Morgan fingerprint density at radius 1 is 1.21 bits per heavy atom. The van der Waals surface area contributed by atoms with Crippen molar-refractivity contribution >= 4 is 18.4 Å². The molecule has 0 bridgehead atoms. The van der Waals surface area contributed by atoms with Gasteiger partial charge in [-0.15, -0.1) is 12.4 Å². The van der Waals surface area contributed by atoms with Crippen LogP contribution in [-0.4, -0.2) is 26.7 Å². The zero-order valence-corrected chi connectivity index (χ0v) is 14.9. The van der Waals surface area contributed by atoms with E-state index in [1.54, 1.807) is 0 Å². The smallest absolute Gasteiger partial charge is 0.337 e. The van der Waals surface area contributed by atoms with Crippen LogP contribution in [0, 0.1) is 5.92 Å². The summed E-state index contributed by atoms with van der Waals surface area (Å²) in [5.74, 6) is 0.680. The number of hydrogen-bond donors (Lipinski definition) is 1. The van der Waals surface area contributed by atoms with Crippen LogP contribution in [0.1, 0.15) is 39.4 Å². The first-order valence-corrected chi connectivity index (χ1v) is 8.15. The molecule has 0 spiro atoms. The van der Waals surface area contributed by atoms with Crippen LogP contribution in [0.5, 0.6) is 0 Å². The molecule has 0 aromatic heterocycles. The van der Waals surface area contributed by atoms with Crippen molar-refractivity contribution < 1.29 is 9.53 Å². The van der Waals surface area contributed by atoms with E-state index in [1.165, 1.54) is 23.8 Å². The van der Waals surface area contributed by atoms with Crippen molar-refractivity contribution in [3.05, 3.63) is 70.8 Å². The Kier molecular flexibility index (Phi) is 6.41. The van der Waals surface area contributed by atoms with Gasteiger partial charge in [-0.2, -0.15) is 0 Å². The largest absolute Gasteiger partial charge is 0.465 e. The lowest BCUT2D eigenvalue weighted by atomic mass is 9.71. The SMILES string of the molecule is CNCC1CCc2cc(C(=O)OC)ccc2C1c1ccccc1.Cl. The molecule has 0 aliphatic heterocycles. The number of carbonyl (C=O) groups excluding carboxylic acids is 1. The third kappa shape index (κ3) is 3.63. The Morgan fingerprint density at radius 2 is 1.96 bits per heavy atom. The highest BCUT2D eigenvalue weighted by molar-refractivity contribution is 5.89. The number of aryl methyl sites for hydroxylation is 1. The van der Waals surface area contributed by atoms with Gasteiger partial charge in [-0.05, 0) is 61.2 Å². The molecule has 3 nitrogen and oxygen atoms in total. The number of nitrogens with one attached hydrogen (secondary N) is 1. The average Bonchev–Trinajstić information content (AvgIpc) is 2.61. The number of hydrogen-bond acceptors (Lipinski definition) is 3. The van der Waals surface area contributed by atoms with Gasteiger partial charge in [0, 0.05) is 5.92 Å². The summed E-state index contributed by atoms with van der Waals surface area (Å²) in [5.41, 5.74) is 4.61. The Bertz CT molecular complexity index is 687. The van der Waals surface area contributed by atoms with Gasteiger partial charge in [-0.1, -0.05) is 36.4 Å². The molecule has 1 aliphatic carbocycles. The van der Waals surface area contributed by atoms with Crippen molar-refractivity contribution in [2.24, 2.45) is 5.92 Å². The molecule has 1 N–H and O–H groups in total. The molecular weight excluding hydrogens is 322 g/mol. The molecule has 128 valence electrons. The van der Waals surface area contributed by atoms with Crippen LogP contribution >= 0.6 is 12.4 Å². The second-order valence-corrected chi connectivity index (χ2v) is 6.15. The first-order valence-electron chi connectivity index (χ1n) is 8.15. The first-order chi connectivity index (χ1) is 11.2. The lowest BCUT2D eigenvalue weighted by Gasteiger charge is -2.34. The Balaban J connectivity index is 0.00000208. The van der Waals surface area contributed by atoms with Crippen molar-refractivity contribution in [2.75, 3.05) is 20.7 Å². The van der Waals surface area contributed by atoms with Crippen LogP contribution in [0.2, 0.25) is 0 Å². The van der Waals surface area contributed by atoms with Gasteiger partial charge in [0.15, 0.2) is 0 Å². The summed E-state index contributed by atoms with van der Waals surface area (Å²) in [6, 6.07) is 16.7. The quantitative estimate of drug-likeness (QED) is 0.856. The van der Waals surface area contributed by atoms with Gasteiger partial charge in [0.2, 0.25) is 0 Å². The Morgan fingerprint density at radius 3 is 2.62 bits per heavy atom. The maximum absolute atomic E-state index is 11.8. The second-order valence-electron chi connectivity index (χ2n) is 6.15. The van der Waals surface area contributed by atoms with Gasteiger partial charge in [0.05, 0.1) is 12.7 Å². The molecule has 24 heavy (non-hydrogen) atoms. The van der Waals surface area contributed by atoms with Gasteiger partial charge in [0.1, 0.15) is 0 Å². The lowest BCUT2D eigenvalue weighted by molar-refractivity contribution is 0.0600. The number of ether oxygens (including phenoxy) is 1. The zero-order chi connectivity index (χ0) is 16.2. The van der Waals surface area contributed by atoms with Crippen molar-refractivity contribution in [1.82, 2.24) is 5.32 Å². The van der Waals surface area contributed by atoms with E-state index < -0.39 is 0 Å². The number of esters is 1. The van der Waals surface area contributed by atoms with E-state index >= 15 is 0 Å². The van der Waals surface area contributed by atoms with Crippen molar-refractivity contribution in [1.29, 1.82) is 0 Å². The summed E-state index contributed by atoms with van der Waals surface area (Å²) in [5, 5.41) is 3.33. The van der Waals surface area contributed by atoms with E-state index in [1.807, 2.05) is 19.2 Å². The molecule has 2 atom stereocenters. The number of fused-ring (bicyclic) bond motifs is 1. The predicted molar refractivity (Wildman–Crippen MR) is 99.1 cm³/mol. The monoisotopic (exact) mass is 345 g/mol. The summed E-state index contributed by atoms with van der Waals surface area (Å²) in [6.07, 6.45) is 2.13. The van der Waals surface area contributed by atoms with Crippen molar-refractivity contribution in [3.63, 3.8) is 0 Å². The van der Waals surface area contributed by atoms with Crippen LogP contribution in [0.15, 0.2) is 48.5 Å². The minimum absolute atomic E-state index is 0. The molecule has 0 heterocycles.